The minimum Gasteiger partial charge on any atom is -0.205 e. The Morgan fingerprint density at radius 2 is 0.923 bits per heavy atom. The van der Waals surface area contributed by atoms with Crippen molar-refractivity contribution in [3.8, 4) is 6.07 Å². The summed E-state index contributed by atoms with van der Waals surface area (Å²) in [6.45, 7) is 16.5. The number of hydrogen-bond acceptors (Lipinski definition) is 1. The summed E-state index contributed by atoms with van der Waals surface area (Å²) in [7, 11) is 0. The number of halogens is 9. The Kier molecular flexibility index (Phi) is 22.5. The highest BCUT2D eigenvalue weighted by atomic mass is 35.5. The van der Waals surface area contributed by atoms with Gasteiger partial charge in [0.1, 0.15) is 39.9 Å². The SMILES string of the molecule is CC.CC.CC.Cc1cc(F)c(C#N)c(F)c1.Cc1cc(F)c(Cl)c(F)c1.Cc1cc(F)c(F)cc1C(F)F. The lowest BCUT2D eigenvalue weighted by atomic mass is 10.1. The molecule has 0 aromatic heterocycles. The van der Waals surface area contributed by atoms with E-state index in [-0.39, 0.29) is 5.56 Å². The molecule has 0 atom stereocenters. The molecule has 3 aromatic carbocycles. The molecule has 1 nitrogen and oxygen atoms in total. The van der Waals surface area contributed by atoms with Gasteiger partial charge in [-0.2, -0.15) is 5.26 Å². The predicted molar refractivity (Wildman–Crippen MR) is 142 cm³/mol. The maximum Gasteiger partial charge on any atom is 0.264 e. The van der Waals surface area contributed by atoms with Crippen molar-refractivity contribution in [2.45, 2.75) is 68.7 Å². The van der Waals surface area contributed by atoms with E-state index in [1.807, 2.05) is 41.5 Å². The smallest absolute Gasteiger partial charge is 0.205 e. The minimum atomic E-state index is -2.76. The monoisotopic (exact) mass is 583 g/mol. The summed E-state index contributed by atoms with van der Waals surface area (Å²) in [6, 6.07) is 7.35. The van der Waals surface area contributed by atoms with E-state index in [4.69, 9.17) is 16.9 Å². The lowest BCUT2D eigenvalue weighted by molar-refractivity contribution is 0.150. The third-order valence-electron chi connectivity index (χ3n) is 3.97. The van der Waals surface area contributed by atoms with Crippen LogP contribution in [0.4, 0.5) is 35.1 Å². The highest BCUT2D eigenvalue weighted by molar-refractivity contribution is 6.30. The Morgan fingerprint density at radius 3 is 1.26 bits per heavy atom. The second-order valence-corrected chi connectivity index (χ2v) is 7.06. The van der Waals surface area contributed by atoms with E-state index < -0.39 is 57.5 Å². The average Bonchev–Trinajstić information content (AvgIpc) is 2.88. The zero-order valence-corrected chi connectivity index (χ0v) is 24.1. The molecule has 10 heteroatoms. The van der Waals surface area contributed by atoms with E-state index in [0.717, 1.165) is 18.2 Å². The van der Waals surface area contributed by atoms with Crippen molar-refractivity contribution in [1.82, 2.24) is 0 Å². The molecule has 0 saturated heterocycles. The van der Waals surface area contributed by atoms with Gasteiger partial charge >= 0.3 is 0 Å². The van der Waals surface area contributed by atoms with Crippen molar-refractivity contribution in [3.05, 3.63) is 104 Å². The fraction of sp³-hybridized carbons (Fsp3) is 0.345. The van der Waals surface area contributed by atoms with Gasteiger partial charge in [-0.05, 0) is 73.9 Å². The maximum atomic E-state index is 12.6. The standard InChI is InChI=1S/C8H6F4.C8H5F2N.C7H5ClF2.3C2H6/c1-4-2-6(9)7(10)3-5(4)8(11)12;1-5-2-7(9)6(4-11)8(10)3-5;1-4-2-5(9)7(8)6(10)3-4;3*1-2/h2-3,8H,1H3;2-3H,1H3;2-3H,1H3;3*1-2H3. The highest BCUT2D eigenvalue weighted by Gasteiger charge is 2.14. The molecule has 0 heterocycles. The number of rotatable bonds is 1. The first-order valence-corrected chi connectivity index (χ1v) is 12.4. The van der Waals surface area contributed by atoms with Gasteiger partial charge in [0.15, 0.2) is 11.6 Å². The fourth-order valence-electron chi connectivity index (χ4n) is 2.39. The number of alkyl halides is 2. The van der Waals surface area contributed by atoms with Crippen LogP contribution >= 0.6 is 11.6 Å². The summed E-state index contributed by atoms with van der Waals surface area (Å²) in [5.41, 5.74) is 0.0757. The quantitative estimate of drug-likeness (QED) is 0.206. The van der Waals surface area contributed by atoms with Crippen LogP contribution in [0.3, 0.4) is 0 Å². The van der Waals surface area contributed by atoms with Gasteiger partial charge in [-0.1, -0.05) is 53.1 Å². The van der Waals surface area contributed by atoms with E-state index in [0.29, 0.717) is 17.2 Å². The number of nitriles is 1. The summed E-state index contributed by atoms with van der Waals surface area (Å²) < 4.78 is 99.2. The summed E-state index contributed by atoms with van der Waals surface area (Å²) in [5.74, 6) is -5.36. The highest BCUT2D eigenvalue weighted by Crippen LogP contribution is 2.24. The van der Waals surface area contributed by atoms with E-state index >= 15 is 0 Å². The zero-order chi connectivity index (χ0) is 31.5. The van der Waals surface area contributed by atoms with Crippen LogP contribution in [0.5, 0.6) is 0 Å². The van der Waals surface area contributed by atoms with Gasteiger partial charge in [-0.25, -0.2) is 35.1 Å². The molecule has 218 valence electrons. The second kappa shape index (κ2) is 21.8. The molecule has 0 bridgehead atoms. The van der Waals surface area contributed by atoms with Crippen molar-refractivity contribution < 1.29 is 35.1 Å². The topological polar surface area (TPSA) is 23.8 Å². The van der Waals surface area contributed by atoms with Gasteiger partial charge < -0.3 is 0 Å². The molecule has 0 aliphatic carbocycles. The molecule has 3 rings (SSSR count). The number of benzene rings is 3. The Bertz CT molecular complexity index is 1130. The van der Waals surface area contributed by atoms with E-state index in [1.54, 1.807) is 13.8 Å². The Morgan fingerprint density at radius 1 is 0.590 bits per heavy atom. The normalized spacial score (nSPS) is 8.97. The van der Waals surface area contributed by atoms with Gasteiger partial charge in [-0.15, -0.1) is 0 Å². The van der Waals surface area contributed by atoms with Gasteiger partial charge in [0.05, 0.1) is 0 Å². The number of nitrogens with zero attached hydrogens (tertiary/aromatic N) is 1. The summed E-state index contributed by atoms with van der Waals surface area (Å²) in [4.78, 5) is 0. The summed E-state index contributed by atoms with van der Waals surface area (Å²) >= 11 is 5.20. The largest absolute Gasteiger partial charge is 0.264 e. The minimum absolute atomic E-state index is 0.0592. The van der Waals surface area contributed by atoms with Gasteiger partial charge in [0.2, 0.25) is 0 Å². The van der Waals surface area contributed by atoms with E-state index in [1.165, 1.54) is 25.1 Å². The van der Waals surface area contributed by atoms with Gasteiger partial charge in [0.25, 0.3) is 6.43 Å². The first kappa shape index (κ1) is 40.4. The van der Waals surface area contributed by atoms with Crippen LogP contribution in [0.25, 0.3) is 0 Å². The molecule has 3 aromatic rings. The summed E-state index contributed by atoms with van der Waals surface area (Å²) in [5, 5.41) is 7.82. The number of hydrogen-bond donors (Lipinski definition) is 0. The number of aryl methyl sites for hydroxylation is 3. The molecule has 0 aliphatic rings. The first-order valence-electron chi connectivity index (χ1n) is 12.0. The lowest BCUT2D eigenvalue weighted by Crippen LogP contribution is -1.94. The molecule has 0 saturated carbocycles. The lowest BCUT2D eigenvalue weighted by Gasteiger charge is -2.04. The predicted octanol–water partition coefficient (Wildman–Crippen LogP) is 11.4. The molecule has 0 N–H and O–H groups in total. The van der Waals surface area contributed by atoms with Crippen molar-refractivity contribution >= 4 is 11.6 Å². The molecular formula is C29H34ClF8N. The zero-order valence-electron chi connectivity index (χ0n) is 23.4. The van der Waals surface area contributed by atoms with E-state index in [9.17, 15) is 35.1 Å². The Balaban J connectivity index is -0.000000455. The molecule has 0 radical (unpaired) electrons. The fourth-order valence-corrected chi connectivity index (χ4v) is 2.49. The molecule has 0 spiro atoms. The van der Waals surface area contributed by atoms with Crippen LogP contribution in [0.15, 0.2) is 36.4 Å². The third kappa shape index (κ3) is 14.6. The Labute approximate surface area is 231 Å². The van der Waals surface area contributed by atoms with Crippen LogP contribution in [-0.4, -0.2) is 0 Å². The van der Waals surface area contributed by atoms with E-state index in [2.05, 4.69) is 0 Å². The van der Waals surface area contributed by atoms with Gasteiger partial charge in [-0.3, -0.25) is 0 Å². The molecule has 0 unspecified atom stereocenters. The molecular weight excluding hydrogens is 550 g/mol. The van der Waals surface area contributed by atoms with Crippen molar-refractivity contribution in [3.63, 3.8) is 0 Å². The van der Waals surface area contributed by atoms with Gasteiger partial charge in [0, 0.05) is 5.56 Å². The van der Waals surface area contributed by atoms with Crippen molar-refractivity contribution in [2.24, 2.45) is 0 Å². The second-order valence-electron chi connectivity index (χ2n) is 6.68. The summed E-state index contributed by atoms with van der Waals surface area (Å²) in [6.07, 6.45) is -2.76. The van der Waals surface area contributed by atoms with Crippen LogP contribution < -0.4 is 0 Å². The first-order chi connectivity index (χ1) is 18.3. The van der Waals surface area contributed by atoms with Crippen LogP contribution in [0.1, 0.15) is 75.8 Å². The molecule has 0 aliphatic heterocycles. The van der Waals surface area contributed by atoms with Crippen molar-refractivity contribution in [1.29, 1.82) is 5.26 Å². The molecule has 0 fully saturated rings. The van der Waals surface area contributed by atoms with Crippen LogP contribution in [0, 0.1) is 67.0 Å². The van der Waals surface area contributed by atoms with Crippen LogP contribution in [-0.2, 0) is 0 Å². The average molecular weight is 584 g/mol. The Hall–Kier alpha value is -3.12. The van der Waals surface area contributed by atoms with Crippen LogP contribution in [0.2, 0.25) is 5.02 Å². The maximum absolute atomic E-state index is 12.6. The molecule has 0 amide bonds. The molecule has 39 heavy (non-hydrogen) atoms. The van der Waals surface area contributed by atoms with Crippen molar-refractivity contribution in [2.75, 3.05) is 0 Å². The third-order valence-corrected chi connectivity index (χ3v) is 4.33.